The van der Waals surface area contributed by atoms with Crippen molar-refractivity contribution in [1.82, 2.24) is 0 Å². The summed E-state index contributed by atoms with van der Waals surface area (Å²) in [5, 5.41) is 0. The summed E-state index contributed by atoms with van der Waals surface area (Å²) in [6.07, 6.45) is 7.76. The lowest BCUT2D eigenvalue weighted by atomic mass is 9.93. The van der Waals surface area contributed by atoms with Gasteiger partial charge in [0.2, 0.25) is 0 Å². The molecule has 0 heterocycles. The van der Waals surface area contributed by atoms with E-state index < -0.39 is 0 Å². The fourth-order valence-electron chi connectivity index (χ4n) is 1.75. The highest BCUT2D eigenvalue weighted by molar-refractivity contribution is 5.31. The summed E-state index contributed by atoms with van der Waals surface area (Å²) in [6.45, 7) is 6.59. The minimum Gasteiger partial charge on any atom is -0.119 e. The zero-order chi connectivity index (χ0) is 11.3. The Morgan fingerprint density at radius 1 is 1.13 bits per heavy atom. The van der Waals surface area contributed by atoms with Crippen LogP contribution in [0.25, 0.3) is 0 Å². The van der Waals surface area contributed by atoms with Gasteiger partial charge in [-0.25, -0.2) is 0 Å². The molecule has 0 spiro atoms. The maximum atomic E-state index is 5.54. The molecule has 1 atom stereocenters. The average molecular weight is 200 g/mol. The van der Waals surface area contributed by atoms with Crippen molar-refractivity contribution in [3.63, 3.8) is 0 Å². The van der Waals surface area contributed by atoms with Gasteiger partial charge in [-0.15, -0.1) is 6.42 Å². The van der Waals surface area contributed by atoms with Crippen LogP contribution < -0.4 is 0 Å². The Morgan fingerprint density at radius 3 is 2.07 bits per heavy atom. The van der Waals surface area contributed by atoms with E-state index in [0.717, 1.165) is 12.8 Å². The van der Waals surface area contributed by atoms with Gasteiger partial charge >= 0.3 is 0 Å². The Hall–Kier alpha value is -1.22. The van der Waals surface area contributed by atoms with E-state index in [2.05, 4.69) is 51.0 Å². The van der Waals surface area contributed by atoms with Crippen LogP contribution in [0.15, 0.2) is 24.3 Å². The molecule has 0 nitrogen and oxygen atoms in total. The van der Waals surface area contributed by atoms with Crippen LogP contribution in [0.2, 0.25) is 0 Å². The molecule has 0 saturated heterocycles. The molecule has 0 heteroatoms. The van der Waals surface area contributed by atoms with Crippen molar-refractivity contribution >= 4 is 0 Å². The highest BCUT2D eigenvalue weighted by Crippen LogP contribution is 2.22. The zero-order valence-corrected chi connectivity index (χ0v) is 9.96. The van der Waals surface area contributed by atoms with Gasteiger partial charge in [-0.2, -0.15) is 0 Å². The average Bonchev–Trinajstić information content (AvgIpc) is 2.26. The number of rotatable bonds is 4. The predicted octanol–water partition coefficient (Wildman–Crippen LogP) is 4.33. The topological polar surface area (TPSA) is 0 Å². The standard InChI is InChI=1S/C15H20/c1-5-7-13(6-2)15-10-8-14(9-11-15)12(3)4/h2,8-13H,5,7H2,1,3-4H3. The van der Waals surface area contributed by atoms with E-state index in [1.54, 1.807) is 0 Å². The number of hydrogen-bond donors (Lipinski definition) is 0. The molecule has 0 saturated carbocycles. The second kappa shape index (κ2) is 5.61. The summed E-state index contributed by atoms with van der Waals surface area (Å²) in [5.41, 5.74) is 2.66. The Morgan fingerprint density at radius 2 is 1.67 bits per heavy atom. The molecular weight excluding hydrogens is 180 g/mol. The number of hydrogen-bond acceptors (Lipinski definition) is 0. The third-order valence-corrected chi connectivity index (χ3v) is 2.78. The normalized spacial score (nSPS) is 12.5. The summed E-state index contributed by atoms with van der Waals surface area (Å²) < 4.78 is 0. The maximum absolute atomic E-state index is 5.54. The largest absolute Gasteiger partial charge is 0.119 e. The van der Waals surface area contributed by atoms with Gasteiger partial charge in [0, 0.05) is 5.92 Å². The van der Waals surface area contributed by atoms with Gasteiger partial charge in [-0.05, 0) is 23.5 Å². The molecule has 1 unspecified atom stereocenters. The first-order chi connectivity index (χ1) is 7.19. The minimum atomic E-state index is 0.288. The van der Waals surface area contributed by atoms with Crippen LogP contribution in [0.4, 0.5) is 0 Å². The summed E-state index contributed by atoms with van der Waals surface area (Å²) >= 11 is 0. The number of terminal acetylenes is 1. The molecule has 0 aromatic heterocycles. The summed E-state index contributed by atoms with van der Waals surface area (Å²) in [7, 11) is 0. The van der Waals surface area contributed by atoms with Crippen LogP contribution >= 0.6 is 0 Å². The SMILES string of the molecule is C#CC(CCC)c1ccc(C(C)C)cc1. The first-order valence-corrected chi connectivity index (χ1v) is 5.75. The van der Waals surface area contributed by atoms with E-state index >= 15 is 0 Å². The van der Waals surface area contributed by atoms with Gasteiger partial charge in [0.15, 0.2) is 0 Å². The van der Waals surface area contributed by atoms with Crippen molar-refractivity contribution < 1.29 is 0 Å². The Balaban J connectivity index is 2.83. The predicted molar refractivity (Wildman–Crippen MR) is 67.0 cm³/mol. The third-order valence-electron chi connectivity index (χ3n) is 2.78. The molecular formula is C15H20. The molecule has 0 aliphatic rings. The van der Waals surface area contributed by atoms with Gasteiger partial charge in [-0.3, -0.25) is 0 Å². The van der Waals surface area contributed by atoms with Gasteiger partial charge < -0.3 is 0 Å². The molecule has 0 N–H and O–H groups in total. The van der Waals surface area contributed by atoms with Gasteiger partial charge in [0.25, 0.3) is 0 Å². The second-order valence-corrected chi connectivity index (χ2v) is 4.33. The first-order valence-electron chi connectivity index (χ1n) is 5.75. The highest BCUT2D eigenvalue weighted by atomic mass is 14.1. The monoisotopic (exact) mass is 200 g/mol. The Bertz CT molecular complexity index is 324. The lowest BCUT2D eigenvalue weighted by Crippen LogP contribution is -1.96. The summed E-state index contributed by atoms with van der Waals surface area (Å²) in [4.78, 5) is 0. The second-order valence-electron chi connectivity index (χ2n) is 4.33. The van der Waals surface area contributed by atoms with E-state index in [1.807, 2.05) is 0 Å². The molecule has 0 radical (unpaired) electrons. The quantitative estimate of drug-likeness (QED) is 0.635. The van der Waals surface area contributed by atoms with Crippen LogP contribution in [0.3, 0.4) is 0 Å². The van der Waals surface area contributed by atoms with E-state index in [0.29, 0.717) is 5.92 Å². The molecule has 0 fully saturated rings. The van der Waals surface area contributed by atoms with Gasteiger partial charge in [0.1, 0.15) is 0 Å². The third kappa shape index (κ3) is 3.13. The first kappa shape index (κ1) is 11.9. The van der Waals surface area contributed by atoms with Crippen LogP contribution in [0, 0.1) is 12.3 Å². The van der Waals surface area contributed by atoms with Gasteiger partial charge in [0.05, 0.1) is 0 Å². The molecule has 0 aliphatic heterocycles. The molecule has 1 aromatic carbocycles. The van der Waals surface area contributed by atoms with Crippen LogP contribution in [0.1, 0.15) is 56.6 Å². The summed E-state index contributed by atoms with van der Waals surface area (Å²) in [6, 6.07) is 8.74. The van der Waals surface area contributed by atoms with Crippen LogP contribution in [-0.2, 0) is 0 Å². The smallest absolute Gasteiger partial charge is 0.0449 e. The van der Waals surface area contributed by atoms with E-state index in [-0.39, 0.29) is 5.92 Å². The highest BCUT2D eigenvalue weighted by Gasteiger charge is 2.07. The molecule has 15 heavy (non-hydrogen) atoms. The fraction of sp³-hybridized carbons (Fsp3) is 0.467. The van der Waals surface area contributed by atoms with Crippen LogP contribution in [-0.4, -0.2) is 0 Å². The van der Waals surface area contributed by atoms with E-state index in [9.17, 15) is 0 Å². The Kier molecular flexibility index (Phi) is 4.43. The molecule has 0 bridgehead atoms. The zero-order valence-electron chi connectivity index (χ0n) is 9.96. The van der Waals surface area contributed by atoms with Crippen molar-refractivity contribution in [2.24, 2.45) is 0 Å². The lowest BCUT2D eigenvalue weighted by Gasteiger charge is -2.11. The Labute approximate surface area is 93.7 Å². The number of benzene rings is 1. The van der Waals surface area contributed by atoms with Crippen molar-refractivity contribution in [1.29, 1.82) is 0 Å². The van der Waals surface area contributed by atoms with Crippen molar-refractivity contribution in [3.8, 4) is 12.3 Å². The molecule has 1 aromatic rings. The van der Waals surface area contributed by atoms with Crippen molar-refractivity contribution in [3.05, 3.63) is 35.4 Å². The molecule has 1 rings (SSSR count). The molecule has 0 amide bonds. The van der Waals surface area contributed by atoms with Crippen LogP contribution in [0.5, 0.6) is 0 Å². The van der Waals surface area contributed by atoms with E-state index in [4.69, 9.17) is 6.42 Å². The molecule has 80 valence electrons. The fourth-order valence-corrected chi connectivity index (χ4v) is 1.75. The minimum absolute atomic E-state index is 0.288. The lowest BCUT2D eigenvalue weighted by molar-refractivity contribution is 0.733. The maximum Gasteiger partial charge on any atom is 0.0449 e. The van der Waals surface area contributed by atoms with Gasteiger partial charge in [-0.1, -0.05) is 57.4 Å². The van der Waals surface area contributed by atoms with E-state index in [1.165, 1.54) is 11.1 Å². The van der Waals surface area contributed by atoms with Crippen molar-refractivity contribution in [2.45, 2.75) is 45.4 Å². The summed E-state index contributed by atoms with van der Waals surface area (Å²) in [5.74, 6) is 3.75. The molecule has 0 aliphatic carbocycles. The van der Waals surface area contributed by atoms with Crippen molar-refractivity contribution in [2.75, 3.05) is 0 Å².